The van der Waals surface area contributed by atoms with Crippen LogP contribution in [-0.2, 0) is 26.8 Å². The molecule has 4 rings (SSSR count). The Labute approximate surface area is 276 Å². The summed E-state index contributed by atoms with van der Waals surface area (Å²) in [6, 6.07) is -0.0665. The van der Waals surface area contributed by atoms with E-state index in [9.17, 15) is 4.79 Å². The highest BCUT2D eigenvalue weighted by molar-refractivity contribution is 6.74. The van der Waals surface area contributed by atoms with Crippen LogP contribution in [0.4, 0.5) is 15.0 Å². The molecule has 2 aliphatic heterocycles. The molecule has 2 unspecified atom stereocenters. The van der Waals surface area contributed by atoms with Crippen LogP contribution in [0.3, 0.4) is 0 Å². The van der Waals surface area contributed by atoms with E-state index in [1.165, 1.54) is 0 Å². The van der Waals surface area contributed by atoms with Gasteiger partial charge in [-0.05, 0) is 69.9 Å². The standard InChI is InChI=1S/C33H54ClFN4O4Si2/c1-31(2,3)43-30(40)39-21-14-15-22(39)18-38(17-21)29-23-16-36-28(34)27(35)26(23)24(19-41-44(10,11)32(4,5)6)25(37-29)20-42-45(12,13)33(7,8)9/h16,21-22H,14-15,17-20H2,1-13H3. The molecule has 0 aromatic carbocycles. The van der Waals surface area contributed by atoms with E-state index in [-0.39, 0.29) is 46.6 Å². The number of amides is 1. The smallest absolute Gasteiger partial charge is 0.410 e. The maximum Gasteiger partial charge on any atom is 0.410 e. The number of carbonyl (C=O) groups is 1. The zero-order chi connectivity index (χ0) is 33.9. The maximum absolute atomic E-state index is 16.2. The highest BCUT2D eigenvalue weighted by Crippen LogP contribution is 2.42. The first-order valence-corrected chi connectivity index (χ1v) is 22.3. The maximum atomic E-state index is 16.2. The molecule has 0 spiro atoms. The van der Waals surface area contributed by atoms with Crippen LogP contribution in [-0.4, -0.2) is 68.4 Å². The second kappa shape index (κ2) is 12.3. The number of hydrogen-bond acceptors (Lipinski definition) is 7. The molecule has 252 valence electrons. The SMILES string of the molecule is CC(C)(C)OC(=O)N1C2CCC1CN(c1nc(CO[Si](C)(C)C(C)(C)C)c(CO[Si](C)(C)C(C)(C)C)c3c(F)c(Cl)ncc13)C2. The largest absolute Gasteiger partial charge is 0.444 e. The Morgan fingerprint density at radius 2 is 1.44 bits per heavy atom. The molecule has 8 nitrogen and oxygen atoms in total. The first-order valence-electron chi connectivity index (χ1n) is 16.1. The van der Waals surface area contributed by atoms with E-state index >= 15 is 4.39 Å². The van der Waals surface area contributed by atoms with E-state index in [0.29, 0.717) is 40.9 Å². The summed E-state index contributed by atoms with van der Waals surface area (Å²) in [5.74, 6) is 0.0642. The summed E-state index contributed by atoms with van der Waals surface area (Å²) < 4.78 is 35.4. The molecule has 2 fully saturated rings. The van der Waals surface area contributed by atoms with Gasteiger partial charge < -0.3 is 18.5 Å². The molecule has 0 saturated carbocycles. The molecule has 12 heteroatoms. The fourth-order valence-corrected chi connectivity index (χ4v) is 7.48. The number of aromatic nitrogens is 2. The fourth-order valence-electron chi connectivity index (χ4n) is 5.47. The number of ether oxygens (including phenoxy) is 1. The van der Waals surface area contributed by atoms with E-state index in [0.717, 1.165) is 12.8 Å². The van der Waals surface area contributed by atoms with Crippen LogP contribution >= 0.6 is 11.6 Å². The summed E-state index contributed by atoms with van der Waals surface area (Å²) in [6.45, 7) is 29.2. The van der Waals surface area contributed by atoms with Gasteiger partial charge in [0.2, 0.25) is 0 Å². The van der Waals surface area contributed by atoms with Gasteiger partial charge in [-0.15, -0.1) is 0 Å². The molecule has 2 atom stereocenters. The third-order valence-corrected chi connectivity index (χ3v) is 19.5. The van der Waals surface area contributed by atoms with Crippen molar-refractivity contribution in [1.29, 1.82) is 0 Å². The zero-order valence-electron chi connectivity index (χ0n) is 29.7. The Kier molecular flexibility index (Phi) is 9.88. The molecular formula is C33H54ClFN4O4Si2. The molecule has 0 aliphatic carbocycles. The van der Waals surface area contributed by atoms with E-state index in [4.69, 9.17) is 30.2 Å². The van der Waals surface area contributed by atoms with Crippen LogP contribution in [0.5, 0.6) is 0 Å². The van der Waals surface area contributed by atoms with Crippen molar-refractivity contribution >= 4 is 50.9 Å². The monoisotopic (exact) mass is 680 g/mol. The van der Waals surface area contributed by atoms with Crippen LogP contribution in [0.15, 0.2) is 6.20 Å². The Morgan fingerprint density at radius 1 is 0.933 bits per heavy atom. The summed E-state index contributed by atoms with van der Waals surface area (Å²) >= 11 is 6.35. The van der Waals surface area contributed by atoms with Crippen molar-refractivity contribution < 1.29 is 22.8 Å². The minimum Gasteiger partial charge on any atom is -0.444 e. The van der Waals surface area contributed by atoms with Crippen LogP contribution < -0.4 is 4.90 Å². The average molecular weight is 681 g/mol. The first-order chi connectivity index (χ1) is 20.4. The zero-order valence-corrected chi connectivity index (χ0v) is 32.4. The third kappa shape index (κ3) is 7.53. The number of piperazine rings is 1. The number of carbonyl (C=O) groups excluding carboxylic acids is 1. The molecule has 0 N–H and O–H groups in total. The highest BCUT2D eigenvalue weighted by atomic mass is 35.5. The van der Waals surface area contributed by atoms with Crippen LogP contribution in [0, 0.1) is 5.82 Å². The molecule has 45 heavy (non-hydrogen) atoms. The lowest BCUT2D eigenvalue weighted by Gasteiger charge is -2.42. The average Bonchev–Trinajstić information content (AvgIpc) is 3.15. The molecular weight excluding hydrogens is 627 g/mol. The van der Waals surface area contributed by atoms with Gasteiger partial charge in [0.05, 0.1) is 31.0 Å². The second-order valence-corrected chi connectivity index (χ2v) is 26.8. The van der Waals surface area contributed by atoms with Gasteiger partial charge in [-0.2, -0.15) is 0 Å². The van der Waals surface area contributed by atoms with Gasteiger partial charge >= 0.3 is 6.09 Å². The number of rotatable bonds is 7. The molecule has 2 bridgehead atoms. The Morgan fingerprint density at radius 3 is 1.93 bits per heavy atom. The predicted octanol–water partition coefficient (Wildman–Crippen LogP) is 9.05. The van der Waals surface area contributed by atoms with Crippen molar-refractivity contribution in [2.45, 2.75) is 142 Å². The number of halogens is 2. The number of anilines is 1. The topological polar surface area (TPSA) is 77.0 Å². The number of pyridine rings is 2. The van der Waals surface area contributed by atoms with Crippen molar-refractivity contribution in [3.8, 4) is 0 Å². The first kappa shape index (κ1) is 36.0. The fraction of sp³-hybridized carbons (Fsp3) is 0.727. The van der Waals surface area contributed by atoms with Gasteiger partial charge in [0.25, 0.3) is 0 Å². The molecule has 4 heterocycles. The van der Waals surface area contributed by atoms with Gasteiger partial charge in [-0.1, -0.05) is 53.1 Å². The van der Waals surface area contributed by atoms with Gasteiger partial charge in [0.15, 0.2) is 27.6 Å². The number of hydrogen-bond donors (Lipinski definition) is 0. The second-order valence-electron chi connectivity index (χ2n) is 16.8. The highest BCUT2D eigenvalue weighted by Gasteiger charge is 2.45. The quantitative estimate of drug-likeness (QED) is 0.213. The molecule has 2 saturated heterocycles. The van der Waals surface area contributed by atoms with Crippen molar-refractivity contribution in [2.24, 2.45) is 0 Å². The molecule has 1 amide bonds. The van der Waals surface area contributed by atoms with Gasteiger partial charge in [-0.25, -0.2) is 19.2 Å². The Hall–Kier alpha value is -1.80. The van der Waals surface area contributed by atoms with E-state index in [1.807, 2.05) is 25.7 Å². The summed E-state index contributed by atoms with van der Waals surface area (Å²) in [6.07, 6.45) is 3.08. The molecule has 2 aliphatic rings. The van der Waals surface area contributed by atoms with Gasteiger partial charge in [0, 0.05) is 35.6 Å². The van der Waals surface area contributed by atoms with E-state index in [1.54, 1.807) is 6.20 Å². The number of fused-ring (bicyclic) bond motifs is 3. The van der Waals surface area contributed by atoms with E-state index < -0.39 is 28.1 Å². The van der Waals surface area contributed by atoms with Crippen molar-refractivity contribution in [1.82, 2.24) is 14.9 Å². The third-order valence-electron chi connectivity index (χ3n) is 10.3. The van der Waals surface area contributed by atoms with Crippen LogP contribution in [0.2, 0.25) is 41.4 Å². The van der Waals surface area contributed by atoms with Crippen molar-refractivity contribution in [3.63, 3.8) is 0 Å². The lowest BCUT2D eigenvalue weighted by Crippen LogP contribution is -2.57. The normalized spacial score (nSPS) is 19.9. The Balaban J connectivity index is 1.82. The van der Waals surface area contributed by atoms with E-state index in [2.05, 4.69) is 77.6 Å². The van der Waals surface area contributed by atoms with Crippen molar-refractivity contribution in [3.05, 3.63) is 28.4 Å². The predicted molar refractivity (Wildman–Crippen MR) is 186 cm³/mol. The van der Waals surface area contributed by atoms with Crippen molar-refractivity contribution in [2.75, 3.05) is 18.0 Å². The lowest BCUT2D eigenvalue weighted by atomic mass is 10.0. The minimum atomic E-state index is -2.20. The summed E-state index contributed by atoms with van der Waals surface area (Å²) in [7, 11) is -4.38. The van der Waals surface area contributed by atoms with Crippen LogP contribution in [0.25, 0.3) is 10.8 Å². The van der Waals surface area contributed by atoms with Crippen LogP contribution in [0.1, 0.15) is 86.4 Å². The molecule has 0 radical (unpaired) electrons. The van der Waals surface area contributed by atoms with Gasteiger partial charge in [0.1, 0.15) is 11.4 Å². The Bertz CT molecular complexity index is 1420. The minimum absolute atomic E-state index is 0.0137. The summed E-state index contributed by atoms with van der Waals surface area (Å²) in [5.41, 5.74) is 0.744. The van der Waals surface area contributed by atoms with Gasteiger partial charge in [-0.3, -0.25) is 4.90 Å². The summed E-state index contributed by atoms with van der Waals surface area (Å²) in [5, 5.41) is 0.750. The molecule has 2 aromatic heterocycles. The summed E-state index contributed by atoms with van der Waals surface area (Å²) in [4.78, 5) is 26.7. The molecule has 2 aromatic rings. The lowest BCUT2D eigenvalue weighted by molar-refractivity contribution is 0.0123. The number of nitrogens with zero attached hydrogens (tertiary/aromatic N) is 4.